The molecule has 204 valence electrons. The lowest BCUT2D eigenvalue weighted by molar-refractivity contribution is 0.965. The molecule has 0 aliphatic heterocycles. The van der Waals surface area contributed by atoms with Gasteiger partial charge in [0.25, 0.3) is 0 Å². The molecule has 6 heteroatoms. The summed E-state index contributed by atoms with van der Waals surface area (Å²) in [6.07, 6.45) is 0. The van der Waals surface area contributed by atoms with Crippen LogP contribution in [-0.2, 0) is 19.6 Å². The molecule has 7 aromatic rings. The number of fused-ring (bicyclic) bond motifs is 3. The molecule has 1 aromatic heterocycles. The molecule has 0 radical (unpaired) electrons. The third-order valence-electron chi connectivity index (χ3n) is 7.59. The first-order valence-corrected chi connectivity index (χ1v) is 14.2. The average Bonchev–Trinajstić information content (AvgIpc) is 3.05. The second-order valence-electron chi connectivity index (χ2n) is 10.3. The van der Waals surface area contributed by atoms with Gasteiger partial charge >= 0.3 is 0 Å². The fourth-order valence-electron chi connectivity index (χ4n) is 5.48. The van der Waals surface area contributed by atoms with Gasteiger partial charge in [0.15, 0.2) is 0 Å². The van der Waals surface area contributed by atoms with Gasteiger partial charge < -0.3 is 16.0 Å². The monoisotopic (exact) mass is 546 g/mol. The van der Waals surface area contributed by atoms with Crippen LogP contribution in [0.15, 0.2) is 127 Å². The van der Waals surface area contributed by atoms with E-state index in [1.165, 1.54) is 49.0 Å². The molecule has 0 amide bonds. The summed E-state index contributed by atoms with van der Waals surface area (Å²) in [6, 6.07) is 44.3. The van der Waals surface area contributed by atoms with Crippen LogP contribution < -0.4 is 16.0 Å². The van der Waals surface area contributed by atoms with Gasteiger partial charge in [0.2, 0.25) is 17.8 Å². The zero-order valence-corrected chi connectivity index (χ0v) is 23.1. The molecule has 3 N–H and O–H groups in total. The van der Waals surface area contributed by atoms with Crippen LogP contribution in [0.4, 0.5) is 17.8 Å². The molecule has 6 nitrogen and oxygen atoms in total. The van der Waals surface area contributed by atoms with Gasteiger partial charge in [0, 0.05) is 19.6 Å². The topological polar surface area (TPSA) is 74.8 Å². The molecule has 0 atom stereocenters. The van der Waals surface area contributed by atoms with Crippen LogP contribution in [0.1, 0.15) is 16.7 Å². The Balaban J connectivity index is 1.16. The number of nitrogens with zero attached hydrogens (tertiary/aromatic N) is 3. The van der Waals surface area contributed by atoms with Gasteiger partial charge in [-0.1, -0.05) is 127 Å². The molecule has 0 saturated carbocycles. The van der Waals surface area contributed by atoms with Gasteiger partial charge in [-0.3, -0.25) is 0 Å². The van der Waals surface area contributed by atoms with E-state index < -0.39 is 0 Å². The summed E-state index contributed by atoms with van der Waals surface area (Å²) in [5.41, 5.74) is 3.55. The molecule has 0 aliphatic carbocycles. The van der Waals surface area contributed by atoms with E-state index in [9.17, 15) is 0 Å². The maximum atomic E-state index is 4.74. The van der Waals surface area contributed by atoms with Crippen LogP contribution in [0.2, 0.25) is 0 Å². The molecule has 42 heavy (non-hydrogen) atoms. The molecule has 0 spiro atoms. The van der Waals surface area contributed by atoms with Crippen molar-refractivity contribution in [2.45, 2.75) is 19.6 Å². The van der Waals surface area contributed by atoms with Crippen molar-refractivity contribution in [1.82, 2.24) is 15.0 Å². The van der Waals surface area contributed by atoms with Crippen LogP contribution in [0.5, 0.6) is 0 Å². The van der Waals surface area contributed by atoms with Crippen LogP contribution in [0.3, 0.4) is 0 Å². The van der Waals surface area contributed by atoms with Gasteiger partial charge in [-0.2, -0.15) is 15.0 Å². The summed E-state index contributed by atoms with van der Waals surface area (Å²) in [5.74, 6) is 1.54. The highest BCUT2D eigenvalue weighted by Crippen LogP contribution is 2.23. The molecule has 0 saturated heterocycles. The van der Waals surface area contributed by atoms with E-state index in [0.717, 1.165) is 0 Å². The Kier molecular flexibility index (Phi) is 7.01. The summed E-state index contributed by atoms with van der Waals surface area (Å²) in [4.78, 5) is 14.2. The molecule has 0 bridgehead atoms. The normalized spacial score (nSPS) is 11.1. The van der Waals surface area contributed by atoms with E-state index in [-0.39, 0.29) is 0 Å². The van der Waals surface area contributed by atoms with Crippen LogP contribution >= 0.6 is 0 Å². The van der Waals surface area contributed by atoms with Crippen molar-refractivity contribution in [3.63, 3.8) is 0 Å². The van der Waals surface area contributed by atoms with Crippen molar-refractivity contribution in [1.29, 1.82) is 0 Å². The van der Waals surface area contributed by atoms with E-state index in [1.807, 2.05) is 0 Å². The molecule has 1 heterocycles. The zero-order chi connectivity index (χ0) is 28.1. The quantitative estimate of drug-likeness (QED) is 0.170. The second kappa shape index (κ2) is 11.6. The highest BCUT2D eigenvalue weighted by molar-refractivity contribution is 5.87. The van der Waals surface area contributed by atoms with E-state index in [2.05, 4.69) is 143 Å². The molecule has 6 aromatic carbocycles. The van der Waals surface area contributed by atoms with Crippen molar-refractivity contribution in [2.24, 2.45) is 0 Å². The van der Waals surface area contributed by atoms with Crippen molar-refractivity contribution in [3.8, 4) is 0 Å². The zero-order valence-electron chi connectivity index (χ0n) is 23.1. The number of aromatic nitrogens is 3. The maximum Gasteiger partial charge on any atom is 0.229 e. The summed E-state index contributed by atoms with van der Waals surface area (Å²) in [7, 11) is 0. The van der Waals surface area contributed by atoms with Gasteiger partial charge in [0.05, 0.1) is 0 Å². The first-order chi connectivity index (χ1) is 20.8. The Morgan fingerprint density at radius 2 is 0.619 bits per heavy atom. The molecule has 7 rings (SSSR count). The number of benzene rings is 6. The fraction of sp³-hybridized carbons (Fsp3) is 0.0833. The average molecular weight is 547 g/mol. The SMILES string of the molecule is c1ccc2c(CNc3nc(NCc4cccc5ccccc45)nc(NCc4cccc5ccccc45)n3)cccc2c1. The molecule has 0 aliphatic rings. The Bertz CT molecular complexity index is 1760. The largest absolute Gasteiger partial charge is 0.350 e. The molecule has 0 unspecified atom stereocenters. The lowest BCUT2D eigenvalue weighted by Crippen LogP contribution is -2.13. The minimum Gasteiger partial charge on any atom is -0.350 e. The number of nitrogens with one attached hydrogen (secondary N) is 3. The maximum absolute atomic E-state index is 4.74. The van der Waals surface area contributed by atoms with Crippen LogP contribution in [0, 0.1) is 0 Å². The van der Waals surface area contributed by atoms with Crippen LogP contribution in [0.25, 0.3) is 32.3 Å². The molecular weight excluding hydrogens is 516 g/mol. The standard InChI is InChI=1S/C36H30N6/c1-4-19-31-25(10-1)13-7-16-28(31)22-37-34-40-35(38-23-29-17-8-14-26-11-2-5-20-32(26)29)42-36(41-34)39-24-30-18-9-15-27-12-3-6-21-33(27)30/h1-21H,22-24H2,(H3,37,38,39,40,41,42). The van der Waals surface area contributed by atoms with Gasteiger partial charge in [-0.25, -0.2) is 0 Å². The third-order valence-corrected chi connectivity index (χ3v) is 7.59. The lowest BCUT2D eigenvalue weighted by Gasteiger charge is -2.14. The van der Waals surface area contributed by atoms with E-state index in [4.69, 9.17) is 15.0 Å². The summed E-state index contributed by atoms with van der Waals surface area (Å²) in [6.45, 7) is 1.78. The smallest absolute Gasteiger partial charge is 0.229 e. The van der Waals surface area contributed by atoms with Crippen molar-refractivity contribution < 1.29 is 0 Å². The predicted molar refractivity (Wildman–Crippen MR) is 174 cm³/mol. The molecular formula is C36H30N6. The number of hydrogen-bond acceptors (Lipinski definition) is 6. The summed E-state index contributed by atoms with van der Waals surface area (Å²) >= 11 is 0. The minimum absolute atomic E-state index is 0.513. The van der Waals surface area contributed by atoms with Gasteiger partial charge in [-0.05, 0) is 49.0 Å². The molecule has 0 fully saturated rings. The number of hydrogen-bond donors (Lipinski definition) is 3. The highest BCUT2D eigenvalue weighted by atomic mass is 15.3. The van der Waals surface area contributed by atoms with Gasteiger partial charge in [-0.15, -0.1) is 0 Å². The minimum atomic E-state index is 0.513. The summed E-state index contributed by atoms with van der Waals surface area (Å²) in [5, 5.41) is 17.6. The van der Waals surface area contributed by atoms with E-state index in [0.29, 0.717) is 37.5 Å². The predicted octanol–water partition coefficient (Wildman–Crippen LogP) is 8.17. The van der Waals surface area contributed by atoms with E-state index >= 15 is 0 Å². The Hall–Kier alpha value is -5.49. The highest BCUT2D eigenvalue weighted by Gasteiger charge is 2.10. The first kappa shape index (κ1) is 25.5. The second-order valence-corrected chi connectivity index (χ2v) is 10.3. The van der Waals surface area contributed by atoms with Crippen molar-refractivity contribution in [2.75, 3.05) is 16.0 Å². The fourth-order valence-corrected chi connectivity index (χ4v) is 5.48. The number of rotatable bonds is 9. The Morgan fingerprint density at radius 3 is 0.952 bits per heavy atom. The van der Waals surface area contributed by atoms with Crippen molar-refractivity contribution >= 4 is 50.2 Å². The van der Waals surface area contributed by atoms with Crippen molar-refractivity contribution in [3.05, 3.63) is 144 Å². The van der Waals surface area contributed by atoms with E-state index in [1.54, 1.807) is 0 Å². The lowest BCUT2D eigenvalue weighted by atomic mass is 10.0. The number of anilines is 3. The Labute approximate surface area is 244 Å². The summed E-state index contributed by atoms with van der Waals surface area (Å²) < 4.78 is 0. The Morgan fingerprint density at radius 1 is 0.333 bits per heavy atom. The van der Waals surface area contributed by atoms with Crippen LogP contribution in [-0.4, -0.2) is 15.0 Å². The van der Waals surface area contributed by atoms with Gasteiger partial charge in [0.1, 0.15) is 0 Å². The first-order valence-electron chi connectivity index (χ1n) is 14.2. The third kappa shape index (κ3) is 5.43.